The van der Waals surface area contributed by atoms with Gasteiger partial charge in [-0.05, 0) is 26.0 Å². The van der Waals surface area contributed by atoms with Crippen molar-refractivity contribution < 1.29 is 5.32 Å². The van der Waals surface area contributed by atoms with Crippen LogP contribution in [0.3, 0.4) is 0 Å². The monoisotopic (exact) mass is 260 g/mol. The minimum Gasteiger partial charge on any atom is -0.338 e. The van der Waals surface area contributed by atoms with Crippen LogP contribution in [0.2, 0.25) is 0 Å². The van der Waals surface area contributed by atoms with Gasteiger partial charge in [0.1, 0.15) is 6.04 Å². The molecule has 0 unspecified atom stereocenters. The maximum Gasteiger partial charge on any atom is 0.261 e. The van der Waals surface area contributed by atoms with Gasteiger partial charge in [-0.15, -0.1) is 0 Å². The van der Waals surface area contributed by atoms with Crippen LogP contribution in [0.4, 0.5) is 0 Å². The Morgan fingerprint density at radius 1 is 1.26 bits per heavy atom. The first-order valence-corrected chi connectivity index (χ1v) is 7.05. The van der Waals surface area contributed by atoms with Gasteiger partial charge in [-0.2, -0.15) is 0 Å². The highest BCUT2D eigenvalue weighted by molar-refractivity contribution is 5.77. The summed E-state index contributed by atoms with van der Waals surface area (Å²) in [6.45, 7) is 7.92. The van der Waals surface area contributed by atoms with E-state index in [2.05, 4.69) is 19.2 Å². The van der Waals surface area contributed by atoms with Crippen LogP contribution < -0.4 is 10.9 Å². The van der Waals surface area contributed by atoms with Crippen LogP contribution in [0, 0.1) is 0 Å². The number of quaternary nitrogens is 1. The second-order valence-corrected chi connectivity index (χ2v) is 4.70. The highest BCUT2D eigenvalue weighted by Gasteiger charge is 2.19. The van der Waals surface area contributed by atoms with Crippen molar-refractivity contribution in [1.82, 2.24) is 9.55 Å². The van der Waals surface area contributed by atoms with E-state index in [4.69, 9.17) is 4.98 Å². The van der Waals surface area contributed by atoms with Crippen LogP contribution in [-0.2, 0) is 6.54 Å². The molecule has 102 valence electrons. The van der Waals surface area contributed by atoms with Crippen molar-refractivity contribution >= 4 is 10.9 Å². The molecule has 0 aliphatic carbocycles. The fourth-order valence-electron chi connectivity index (χ4n) is 2.51. The van der Waals surface area contributed by atoms with Crippen molar-refractivity contribution in [2.75, 3.05) is 6.54 Å². The summed E-state index contributed by atoms with van der Waals surface area (Å²) in [7, 11) is 0. The molecule has 0 fully saturated rings. The lowest BCUT2D eigenvalue weighted by Gasteiger charge is -2.17. The Balaban J connectivity index is 2.68. The normalized spacial score (nSPS) is 12.8. The van der Waals surface area contributed by atoms with E-state index in [0.717, 1.165) is 24.3 Å². The quantitative estimate of drug-likeness (QED) is 0.884. The molecular formula is C15H22N3O+. The number of nitrogens with two attached hydrogens (primary N) is 1. The van der Waals surface area contributed by atoms with Gasteiger partial charge in [0.2, 0.25) is 0 Å². The Labute approximate surface area is 113 Å². The van der Waals surface area contributed by atoms with Crippen LogP contribution >= 0.6 is 0 Å². The van der Waals surface area contributed by atoms with Crippen LogP contribution in [0.5, 0.6) is 0 Å². The zero-order valence-corrected chi connectivity index (χ0v) is 11.9. The van der Waals surface area contributed by atoms with E-state index in [9.17, 15) is 4.79 Å². The standard InChI is InChI=1S/C15H21N3O/c1-4-12(16-5-2)14-17-13-10-8-7-9-11(13)15(19)18(14)6-3/h7-10,12,16H,4-6H2,1-3H3/p+1/t12-/m0/s1. The smallest absolute Gasteiger partial charge is 0.261 e. The largest absolute Gasteiger partial charge is 0.338 e. The Kier molecular flexibility index (Phi) is 4.32. The molecule has 0 bridgehead atoms. The molecule has 0 saturated heterocycles. The molecule has 1 aromatic carbocycles. The molecule has 4 nitrogen and oxygen atoms in total. The van der Waals surface area contributed by atoms with E-state index < -0.39 is 0 Å². The first kappa shape index (κ1) is 13.7. The van der Waals surface area contributed by atoms with Gasteiger partial charge in [-0.3, -0.25) is 9.36 Å². The highest BCUT2D eigenvalue weighted by atomic mass is 16.1. The Bertz CT molecular complexity index is 618. The topological polar surface area (TPSA) is 51.5 Å². The van der Waals surface area contributed by atoms with E-state index >= 15 is 0 Å². The number of nitrogens with zero attached hydrogens (tertiary/aromatic N) is 2. The van der Waals surface area contributed by atoms with Gasteiger partial charge in [-0.1, -0.05) is 19.1 Å². The number of fused-ring (bicyclic) bond motifs is 1. The molecule has 1 atom stereocenters. The molecule has 0 radical (unpaired) electrons. The van der Waals surface area contributed by atoms with Gasteiger partial charge in [0.15, 0.2) is 5.82 Å². The second kappa shape index (κ2) is 5.97. The number of hydrogen-bond donors (Lipinski definition) is 1. The van der Waals surface area contributed by atoms with Gasteiger partial charge >= 0.3 is 0 Å². The molecular weight excluding hydrogens is 238 g/mol. The maximum atomic E-state index is 12.5. The molecule has 1 heterocycles. The molecule has 2 N–H and O–H groups in total. The van der Waals surface area contributed by atoms with Crippen LogP contribution in [0.25, 0.3) is 10.9 Å². The van der Waals surface area contributed by atoms with Gasteiger partial charge in [0.05, 0.1) is 17.4 Å². The summed E-state index contributed by atoms with van der Waals surface area (Å²) >= 11 is 0. The van der Waals surface area contributed by atoms with E-state index in [1.165, 1.54) is 0 Å². The van der Waals surface area contributed by atoms with E-state index in [-0.39, 0.29) is 11.6 Å². The Morgan fingerprint density at radius 2 is 2.00 bits per heavy atom. The Hall–Kier alpha value is -1.68. The minimum atomic E-state index is 0.0750. The summed E-state index contributed by atoms with van der Waals surface area (Å²) in [6.07, 6.45) is 0.971. The molecule has 0 saturated carbocycles. The lowest BCUT2D eigenvalue weighted by atomic mass is 10.1. The van der Waals surface area contributed by atoms with Crippen molar-refractivity contribution in [1.29, 1.82) is 0 Å². The highest BCUT2D eigenvalue weighted by Crippen LogP contribution is 2.13. The predicted octanol–water partition coefficient (Wildman–Crippen LogP) is 1.45. The van der Waals surface area contributed by atoms with Crippen molar-refractivity contribution in [2.24, 2.45) is 0 Å². The zero-order valence-electron chi connectivity index (χ0n) is 11.9. The minimum absolute atomic E-state index is 0.0750. The SMILES string of the molecule is CC[NH2+][C@@H](CC)c1nc2ccccc2c(=O)n1CC. The molecule has 0 spiro atoms. The fourth-order valence-corrected chi connectivity index (χ4v) is 2.51. The summed E-state index contributed by atoms with van der Waals surface area (Å²) < 4.78 is 1.81. The zero-order chi connectivity index (χ0) is 13.8. The van der Waals surface area contributed by atoms with Gasteiger partial charge < -0.3 is 5.32 Å². The fraction of sp³-hybridized carbons (Fsp3) is 0.467. The molecule has 1 aromatic heterocycles. The lowest BCUT2D eigenvalue weighted by molar-refractivity contribution is -0.695. The average molecular weight is 260 g/mol. The summed E-state index contributed by atoms with van der Waals surface area (Å²) in [5.41, 5.74) is 0.876. The first-order chi connectivity index (χ1) is 9.22. The number of para-hydroxylation sites is 1. The van der Waals surface area contributed by atoms with E-state index in [1.54, 1.807) is 0 Å². The number of rotatable bonds is 5. The maximum absolute atomic E-state index is 12.5. The molecule has 0 aliphatic heterocycles. The summed E-state index contributed by atoms with van der Waals surface area (Å²) in [5, 5.41) is 2.95. The van der Waals surface area contributed by atoms with Crippen molar-refractivity contribution in [3.63, 3.8) is 0 Å². The third-order valence-corrected chi connectivity index (χ3v) is 3.50. The number of aromatic nitrogens is 2. The summed E-state index contributed by atoms with van der Waals surface area (Å²) in [4.78, 5) is 17.2. The van der Waals surface area contributed by atoms with Crippen molar-refractivity contribution in [3.8, 4) is 0 Å². The van der Waals surface area contributed by atoms with Crippen molar-refractivity contribution in [2.45, 2.75) is 39.8 Å². The molecule has 19 heavy (non-hydrogen) atoms. The van der Waals surface area contributed by atoms with Crippen molar-refractivity contribution in [3.05, 3.63) is 40.4 Å². The third kappa shape index (κ3) is 2.54. The second-order valence-electron chi connectivity index (χ2n) is 4.70. The van der Waals surface area contributed by atoms with E-state index in [1.807, 2.05) is 35.8 Å². The molecule has 0 aliphatic rings. The summed E-state index contributed by atoms with van der Waals surface area (Å²) in [6, 6.07) is 7.84. The van der Waals surface area contributed by atoms with Crippen LogP contribution in [0.15, 0.2) is 29.1 Å². The van der Waals surface area contributed by atoms with E-state index in [0.29, 0.717) is 11.9 Å². The summed E-state index contributed by atoms with van der Waals surface area (Å²) in [5.74, 6) is 0.899. The predicted molar refractivity (Wildman–Crippen MR) is 77.2 cm³/mol. The van der Waals surface area contributed by atoms with Gasteiger partial charge in [-0.25, -0.2) is 4.98 Å². The van der Waals surface area contributed by atoms with Crippen LogP contribution in [-0.4, -0.2) is 16.1 Å². The average Bonchev–Trinajstić information content (AvgIpc) is 2.45. The molecule has 4 heteroatoms. The van der Waals surface area contributed by atoms with Gasteiger partial charge in [0, 0.05) is 13.0 Å². The number of benzene rings is 1. The molecule has 0 amide bonds. The first-order valence-electron chi connectivity index (χ1n) is 7.05. The molecule has 2 rings (SSSR count). The van der Waals surface area contributed by atoms with Gasteiger partial charge in [0.25, 0.3) is 5.56 Å². The van der Waals surface area contributed by atoms with Crippen LogP contribution in [0.1, 0.15) is 39.1 Å². The molecule has 2 aromatic rings. The Morgan fingerprint density at radius 3 is 2.63 bits per heavy atom. The number of hydrogen-bond acceptors (Lipinski definition) is 2. The third-order valence-electron chi connectivity index (χ3n) is 3.50. The lowest BCUT2D eigenvalue weighted by Crippen LogP contribution is -2.85.